The molecule has 1 aromatic carbocycles. The van der Waals surface area contributed by atoms with E-state index in [4.69, 9.17) is 20.8 Å². The molecule has 0 spiro atoms. The van der Waals surface area contributed by atoms with Gasteiger partial charge in [-0.2, -0.15) is 0 Å². The smallest absolute Gasteiger partial charge is 0.122 e. The topological polar surface area (TPSA) is 34.4 Å². The molecule has 0 saturated heterocycles. The number of ether oxygens (including phenoxy) is 1. The highest BCUT2D eigenvalue weighted by Gasteiger charge is 2.21. The Morgan fingerprint density at radius 3 is 2.81 bits per heavy atom. The summed E-state index contributed by atoms with van der Waals surface area (Å²) >= 11 is 5.95. The molecule has 0 unspecified atom stereocenters. The Morgan fingerprint density at radius 2 is 2.10 bits per heavy atom. The Hall–Kier alpha value is -1.45. The lowest BCUT2D eigenvalue weighted by Crippen LogP contribution is -2.14. The van der Waals surface area contributed by atoms with Crippen molar-refractivity contribution in [2.45, 2.75) is 45.9 Å². The molecule has 1 fully saturated rings. The van der Waals surface area contributed by atoms with Crippen LogP contribution in [0.1, 0.15) is 35.5 Å². The minimum Gasteiger partial charge on any atom is -0.489 e. The van der Waals surface area contributed by atoms with E-state index in [1.165, 1.54) is 12.8 Å². The quantitative estimate of drug-likeness (QED) is 0.860. The van der Waals surface area contributed by atoms with E-state index >= 15 is 0 Å². The average Bonchev–Trinajstić information content (AvgIpc) is 3.20. The molecule has 4 heteroatoms. The van der Waals surface area contributed by atoms with Crippen LogP contribution in [0.25, 0.3) is 0 Å². The fraction of sp³-hybridized carbons (Fsp3) is 0.412. The van der Waals surface area contributed by atoms with Crippen LogP contribution in [0.2, 0.25) is 5.02 Å². The van der Waals surface area contributed by atoms with E-state index in [-0.39, 0.29) is 0 Å². The van der Waals surface area contributed by atoms with E-state index in [9.17, 15) is 0 Å². The number of rotatable bonds is 6. The number of benzene rings is 1. The lowest BCUT2D eigenvalue weighted by Gasteiger charge is -2.08. The summed E-state index contributed by atoms with van der Waals surface area (Å²) in [5, 5.41) is 4.18. The molecule has 0 amide bonds. The Morgan fingerprint density at radius 1 is 1.29 bits per heavy atom. The van der Waals surface area contributed by atoms with Crippen LogP contribution in [0.3, 0.4) is 0 Å². The van der Waals surface area contributed by atoms with E-state index in [0.29, 0.717) is 12.6 Å². The van der Waals surface area contributed by atoms with Crippen LogP contribution in [0, 0.1) is 13.8 Å². The van der Waals surface area contributed by atoms with Crippen LogP contribution in [-0.2, 0) is 13.2 Å². The third kappa shape index (κ3) is 3.80. The van der Waals surface area contributed by atoms with Crippen molar-refractivity contribution in [3.05, 3.63) is 51.9 Å². The summed E-state index contributed by atoms with van der Waals surface area (Å²) in [6.07, 6.45) is 2.57. The summed E-state index contributed by atoms with van der Waals surface area (Å²) in [4.78, 5) is 0. The summed E-state index contributed by atoms with van der Waals surface area (Å²) < 4.78 is 11.6. The van der Waals surface area contributed by atoms with Gasteiger partial charge in [0.05, 0.1) is 6.54 Å². The Labute approximate surface area is 130 Å². The van der Waals surface area contributed by atoms with Gasteiger partial charge in [0.15, 0.2) is 0 Å². The van der Waals surface area contributed by atoms with Crippen molar-refractivity contribution < 1.29 is 9.15 Å². The van der Waals surface area contributed by atoms with Gasteiger partial charge in [0, 0.05) is 16.6 Å². The van der Waals surface area contributed by atoms with Gasteiger partial charge in [0.2, 0.25) is 0 Å². The molecule has 1 aliphatic rings. The van der Waals surface area contributed by atoms with Crippen LogP contribution in [0.15, 0.2) is 28.7 Å². The maximum Gasteiger partial charge on any atom is 0.122 e. The third-order valence-corrected chi connectivity index (χ3v) is 3.97. The van der Waals surface area contributed by atoms with Gasteiger partial charge in [-0.3, -0.25) is 0 Å². The van der Waals surface area contributed by atoms with Gasteiger partial charge >= 0.3 is 0 Å². The van der Waals surface area contributed by atoms with Gasteiger partial charge < -0.3 is 14.5 Å². The van der Waals surface area contributed by atoms with E-state index in [2.05, 4.69) is 11.4 Å². The summed E-state index contributed by atoms with van der Waals surface area (Å²) in [6.45, 7) is 5.29. The minimum atomic E-state index is 0.515. The van der Waals surface area contributed by atoms with Crippen LogP contribution in [0.4, 0.5) is 0 Å². The Balaban J connectivity index is 1.61. The van der Waals surface area contributed by atoms with Crippen LogP contribution >= 0.6 is 11.6 Å². The lowest BCUT2D eigenvalue weighted by molar-refractivity contribution is 0.301. The molecule has 1 aliphatic carbocycles. The molecular weight excluding hydrogens is 286 g/mol. The molecule has 0 radical (unpaired) electrons. The van der Waals surface area contributed by atoms with Gasteiger partial charge in [-0.15, -0.1) is 0 Å². The largest absolute Gasteiger partial charge is 0.489 e. The minimum absolute atomic E-state index is 0.515. The summed E-state index contributed by atoms with van der Waals surface area (Å²) in [5.74, 6) is 2.76. The molecule has 1 heterocycles. The second kappa shape index (κ2) is 6.12. The number of nitrogens with one attached hydrogen (secondary N) is 1. The van der Waals surface area contributed by atoms with Gasteiger partial charge in [0.25, 0.3) is 0 Å². The zero-order chi connectivity index (χ0) is 14.8. The van der Waals surface area contributed by atoms with Crippen molar-refractivity contribution in [1.29, 1.82) is 0 Å². The predicted molar refractivity (Wildman–Crippen MR) is 83.8 cm³/mol. The molecule has 0 aliphatic heterocycles. The standard InChI is InChI=1S/C17H20ClNO2/c1-11-7-14(18)3-6-17(11)20-10-13-8-16(21-12(13)2)9-19-15-4-5-15/h3,6-8,15,19H,4-5,9-10H2,1-2H3. The highest BCUT2D eigenvalue weighted by atomic mass is 35.5. The molecule has 0 atom stereocenters. The van der Waals surface area contributed by atoms with Crippen molar-refractivity contribution in [2.24, 2.45) is 0 Å². The maximum atomic E-state index is 5.95. The van der Waals surface area contributed by atoms with E-state index in [0.717, 1.165) is 40.0 Å². The summed E-state index contributed by atoms with van der Waals surface area (Å²) in [7, 11) is 0. The van der Waals surface area contributed by atoms with Gasteiger partial charge in [-0.1, -0.05) is 11.6 Å². The molecule has 112 valence electrons. The van der Waals surface area contributed by atoms with E-state index in [1.54, 1.807) is 0 Å². The fourth-order valence-electron chi connectivity index (χ4n) is 2.28. The normalized spacial score (nSPS) is 14.4. The first-order valence-corrected chi connectivity index (χ1v) is 7.70. The number of aryl methyl sites for hydroxylation is 2. The Kier molecular flexibility index (Phi) is 4.22. The molecule has 1 N–H and O–H groups in total. The fourth-order valence-corrected chi connectivity index (χ4v) is 2.51. The lowest BCUT2D eigenvalue weighted by atomic mass is 10.2. The molecule has 3 rings (SSSR count). The van der Waals surface area contributed by atoms with Crippen LogP contribution in [-0.4, -0.2) is 6.04 Å². The molecule has 1 aromatic heterocycles. The van der Waals surface area contributed by atoms with Crippen LogP contribution < -0.4 is 10.1 Å². The predicted octanol–water partition coefficient (Wildman–Crippen LogP) is 4.38. The average molecular weight is 306 g/mol. The first-order chi connectivity index (χ1) is 10.1. The maximum absolute atomic E-state index is 5.95. The molecule has 3 nitrogen and oxygen atoms in total. The second-order valence-corrected chi connectivity index (χ2v) is 6.08. The number of hydrogen-bond acceptors (Lipinski definition) is 3. The highest BCUT2D eigenvalue weighted by Crippen LogP contribution is 2.24. The zero-order valence-electron chi connectivity index (χ0n) is 12.4. The summed E-state index contributed by atoms with van der Waals surface area (Å²) in [6, 6.07) is 8.42. The molecule has 0 bridgehead atoms. The molecule has 2 aromatic rings. The van der Waals surface area contributed by atoms with Gasteiger partial charge in [0.1, 0.15) is 23.9 Å². The van der Waals surface area contributed by atoms with Gasteiger partial charge in [-0.05, 0) is 56.5 Å². The van der Waals surface area contributed by atoms with Crippen molar-refractivity contribution in [2.75, 3.05) is 0 Å². The van der Waals surface area contributed by atoms with E-state index < -0.39 is 0 Å². The monoisotopic (exact) mass is 305 g/mol. The highest BCUT2D eigenvalue weighted by molar-refractivity contribution is 6.30. The Bertz CT molecular complexity index is 632. The first kappa shape index (κ1) is 14.5. The first-order valence-electron chi connectivity index (χ1n) is 7.32. The second-order valence-electron chi connectivity index (χ2n) is 5.65. The third-order valence-electron chi connectivity index (χ3n) is 3.73. The van der Waals surface area contributed by atoms with E-state index in [1.807, 2.05) is 32.0 Å². The molecule has 21 heavy (non-hydrogen) atoms. The molecule has 1 saturated carbocycles. The number of halogens is 1. The zero-order valence-corrected chi connectivity index (χ0v) is 13.2. The van der Waals surface area contributed by atoms with Crippen molar-refractivity contribution in [3.8, 4) is 5.75 Å². The summed E-state index contributed by atoms with van der Waals surface area (Å²) in [5.41, 5.74) is 2.14. The van der Waals surface area contributed by atoms with Gasteiger partial charge in [-0.25, -0.2) is 0 Å². The van der Waals surface area contributed by atoms with Crippen LogP contribution in [0.5, 0.6) is 5.75 Å². The number of furan rings is 1. The molecular formula is C17H20ClNO2. The van der Waals surface area contributed by atoms with Crippen molar-refractivity contribution in [1.82, 2.24) is 5.32 Å². The number of hydrogen-bond donors (Lipinski definition) is 1. The van der Waals surface area contributed by atoms with Crippen molar-refractivity contribution in [3.63, 3.8) is 0 Å². The SMILES string of the molecule is Cc1cc(Cl)ccc1OCc1cc(CNC2CC2)oc1C. The van der Waals surface area contributed by atoms with Crippen molar-refractivity contribution >= 4 is 11.6 Å².